The molecule has 0 radical (unpaired) electrons. The van der Waals surface area contributed by atoms with Gasteiger partial charge < -0.3 is 15.4 Å². The molecule has 7 nitrogen and oxygen atoms in total. The number of rotatable bonds is 10. The second kappa shape index (κ2) is 13.5. The molecule has 0 atom stereocenters. The van der Waals surface area contributed by atoms with Crippen LogP contribution in [0.4, 0.5) is 0 Å². The first-order chi connectivity index (χ1) is 14.3. The summed E-state index contributed by atoms with van der Waals surface area (Å²) in [6.07, 6.45) is 0. The fraction of sp³-hybridized carbons (Fsp3) is 0.409. The highest BCUT2D eigenvalue weighted by atomic mass is 127. The number of benzene rings is 2. The molecule has 9 heteroatoms. The van der Waals surface area contributed by atoms with Gasteiger partial charge in [0.2, 0.25) is 10.0 Å². The van der Waals surface area contributed by atoms with Gasteiger partial charge in [-0.1, -0.05) is 42.5 Å². The minimum absolute atomic E-state index is 0. The molecule has 2 aromatic rings. The molecule has 31 heavy (non-hydrogen) atoms. The largest absolute Gasteiger partial charge is 0.494 e. The van der Waals surface area contributed by atoms with Crippen molar-refractivity contribution in [2.24, 2.45) is 4.99 Å². The molecule has 0 unspecified atom stereocenters. The van der Waals surface area contributed by atoms with Crippen LogP contribution in [0.3, 0.4) is 0 Å². The van der Waals surface area contributed by atoms with Crippen molar-refractivity contribution in [2.45, 2.75) is 45.7 Å². The van der Waals surface area contributed by atoms with E-state index in [1.807, 2.05) is 69.3 Å². The van der Waals surface area contributed by atoms with Crippen LogP contribution in [0.2, 0.25) is 0 Å². The summed E-state index contributed by atoms with van der Waals surface area (Å²) in [7, 11) is -1.60. The predicted molar refractivity (Wildman–Crippen MR) is 137 cm³/mol. The number of hydrogen-bond acceptors (Lipinski definition) is 4. The van der Waals surface area contributed by atoms with Crippen LogP contribution in [-0.4, -0.2) is 34.1 Å². The third-order valence-electron chi connectivity index (χ3n) is 4.20. The number of nitrogens with one attached hydrogen (secondary N) is 3. The van der Waals surface area contributed by atoms with E-state index in [1.54, 1.807) is 7.05 Å². The van der Waals surface area contributed by atoms with Crippen molar-refractivity contribution in [1.29, 1.82) is 0 Å². The average Bonchev–Trinajstić information content (AvgIpc) is 2.69. The molecule has 0 aliphatic carbocycles. The van der Waals surface area contributed by atoms with E-state index in [0.717, 1.165) is 22.4 Å². The maximum atomic E-state index is 12.0. The van der Waals surface area contributed by atoms with Gasteiger partial charge in [-0.25, -0.2) is 13.1 Å². The van der Waals surface area contributed by atoms with E-state index in [2.05, 4.69) is 20.3 Å². The van der Waals surface area contributed by atoms with Gasteiger partial charge in [0, 0.05) is 31.7 Å². The van der Waals surface area contributed by atoms with Crippen LogP contribution >= 0.6 is 24.0 Å². The van der Waals surface area contributed by atoms with Gasteiger partial charge in [0.25, 0.3) is 0 Å². The third kappa shape index (κ3) is 9.88. The van der Waals surface area contributed by atoms with Crippen LogP contribution in [0.1, 0.15) is 37.5 Å². The monoisotopic (exact) mass is 560 g/mol. The zero-order valence-electron chi connectivity index (χ0n) is 18.5. The lowest BCUT2D eigenvalue weighted by Gasteiger charge is -2.14. The molecule has 0 saturated heterocycles. The highest BCUT2D eigenvalue weighted by Crippen LogP contribution is 2.17. The van der Waals surface area contributed by atoms with Gasteiger partial charge in [0.1, 0.15) is 5.75 Å². The first kappa shape index (κ1) is 27.2. The molecule has 0 saturated carbocycles. The lowest BCUT2D eigenvalue weighted by molar-refractivity contribution is 0.336. The Hall–Kier alpha value is -1.85. The number of halogens is 1. The van der Waals surface area contributed by atoms with Gasteiger partial charge in [-0.05, 0) is 38.0 Å². The van der Waals surface area contributed by atoms with Crippen LogP contribution in [0.25, 0.3) is 0 Å². The van der Waals surface area contributed by atoms with Crippen molar-refractivity contribution >= 4 is 40.0 Å². The molecule has 0 aromatic heterocycles. The smallest absolute Gasteiger partial charge is 0.216 e. The highest BCUT2D eigenvalue weighted by molar-refractivity contribution is 14.0. The Labute approximate surface area is 203 Å². The number of nitrogens with zero attached hydrogens (tertiary/aromatic N) is 1. The summed E-state index contributed by atoms with van der Waals surface area (Å²) < 4.78 is 32.3. The van der Waals surface area contributed by atoms with Crippen LogP contribution in [0.15, 0.2) is 53.5 Å². The van der Waals surface area contributed by atoms with Gasteiger partial charge in [0.15, 0.2) is 5.96 Å². The fourth-order valence-electron chi connectivity index (χ4n) is 2.91. The third-order valence-corrected chi connectivity index (χ3v) is 5.74. The summed E-state index contributed by atoms with van der Waals surface area (Å²) in [6, 6.07) is 15.3. The SMILES string of the molecule is CCOc1ccccc1CNC(=NC)NCc1ccc(CS(=O)(=O)NC(C)C)cc1.I. The second-order valence-corrected chi connectivity index (χ2v) is 8.92. The lowest BCUT2D eigenvalue weighted by Crippen LogP contribution is -2.36. The molecule has 0 aliphatic heterocycles. The van der Waals surface area contributed by atoms with E-state index in [4.69, 9.17) is 4.74 Å². The zero-order chi connectivity index (χ0) is 22.0. The molecule has 2 aromatic carbocycles. The quantitative estimate of drug-likeness (QED) is 0.236. The van der Waals surface area contributed by atoms with Gasteiger partial charge in [0.05, 0.1) is 12.4 Å². The summed E-state index contributed by atoms with van der Waals surface area (Å²) in [5.41, 5.74) is 2.84. The number of aliphatic imine (C=N–C) groups is 1. The molecule has 0 heterocycles. The molecule has 0 aliphatic rings. The Morgan fingerprint density at radius 1 is 1.00 bits per heavy atom. The van der Waals surface area contributed by atoms with E-state index in [1.165, 1.54) is 0 Å². The number of guanidine groups is 1. The average molecular weight is 561 g/mol. The van der Waals surface area contributed by atoms with Crippen LogP contribution < -0.4 is 20.1 Å². The summed E-state index contributed by atoms with van der Waals surface area (Å²) >= 11 is 0. The molecular formula is C22H33IN4O3S. The van der Waals surface area contributed by atoms with Crippen molar-refractivity contribution in [3.63, 3.8) is 0 Å². The van der Waals surface area contributed by atoms with E-state index in [-0.39, 0.29) is 35.8 Å². The topological polar surface area (TPSA) is 91.8 Å². The number of para-hydroxylation sites is 1. The Bertz CT molecular complexity index is 932. The second-order valence-electron chi connectivity index (χ2n) is 7.17. The molecule has 0 amide bonds. The van der Waals surface area contributed by atoms with Crippen LogP contribution in [0.5, 0.6) is 5.75 Å². The lowest BCUT2D eigenvalue weighted by atomic mass is 10.1. The Morgan fingerprint density at radius 2 is 1.61 bits per heavy atom. The van der Waals surface area contributed by atoms with Crippen LogP contribution in [0, 0.1) is 0 Å². The maximum Gasteiger partial charge on any atom is 0.216 e. The van der Waals surface area contributed by atoms with Gasteiger partial charge in [-0.15, -0.1) is 24.0 Å². The zero-order valence-corrected chi connectivity index (χ0v) is 21.7. The van der Waals surface area contributed by atoms with Crippen molar-refractivity contribution < 1.29 is 13.2 Å². The summed E-state index contributed by atoms with van der Waals surface area (Å²) in [5, 5.41) is 6.56. The number of sulfonamides is 1. The molecule has 0 spiro atoms. The first-order valence-corrected chi connectivity index (χ1v) is 11.7. The van der Waals surface area contributed by atoms with Gasteiger partial charge in [-0.2, -0.15) is 0 Å². The predicted octanol–water partition coefficient (Wildman–Crippen LogP) is 3.40. The molecular weight excluding hydrogens is 527 g/mol. The number of hydrogen-bond donors (Lipinski definition) is 3. The summed E-state index contributed by atoms with van der Waals surface area (Å²) in [6.45, 7) is 7.37. The fourth-order valence-corrected chi connectivity index (χ4v) is 4.34. The molecule has 0 fully saturated rings. The van der Waals surface area contributed by atoms with E-state index >= 15 is 0 Å². The van der Waals surface area contributed by atoms with E-state index in [9.17, 15) is 8.42 Å². The van der Waals surface area contributed by atoms with Crippen molar-refractivity contribution in [3.8, 4) is 5.75 Å². The summed E-state index contributed by atoms with van der Waals surface area (Å²) in [4.78, 5) is 4.25. The maximum absolute atomic E-state index is 12.0. The molecule has 3 N–H and O–H groups in total. The Kier molecular flexibility index (Phi) is 11.9. The minimum Gasteiger partial charge on any atom is -0.494 e. The standard InChI is InChI=1S/C22H32N4O3S.HI/c1-5-29-21-9-7-6-8-20(21)15-25-22(23-4)24-14-18-10-12-19(13-11-18)16-30(27,28)26-17(2)3;/h6-13,17,26H,5,14-16H2,1-4H3,(H2,23,24,25);1H. The normalized spacial score (nSPS) is 11.7. The summed E-state index contributed by atoms with van der Waals surface area (Å²) in [5.74, 6) is 1.51. The van der Waals surface area contributed by atoms with E-state index in [0.29, 0.717) is 25.7 Å². The Balaban J connectivity index is 0.00000480. The van der Waals surface area contributed by atoms with E-state index < -0.39 is 10.0 Å². The minimum atomic E-state index is -3.32. The van der Waals surface area contributed by atoms with Crippen LogP contribution in [-0.2, 0) is 28.9 Å². The van der Waals surface area contributed by atoms with Crippen molar-refractivity contribution in [1.82, 2.24) is 15.4 Å². The molecule has 2 rings (SSSR count). The molecule has 0 bridgehead atoms. The van der Waals surface area contributed by atoms with Crippen molar-refractivity contribution in [3.05, 3.63) is 65.2 Å². The molecule has 172 valence electrons. The van der Waals surface area contributed by atoms with Gasteiger partial charge >= 0.3 is 0 Å². The number of ether oxygens (including phenoxy) is 1. The van der Waals surface area contributed by atoms with Gasteiger partial charge in [-0.3, -0.25) is 4.99 Å². The first-order valence-electron chi connectivity index (χ1n) is 10.1. The Morgan fingerprint density at radius 3 is 2.23 bits per heavy atom. The highest BCUT2D eigenvalue weighted by Gasteiger charge is 2.12. The van der Waals surface area contributed by atoms with Crippen molar-refractivity contribution in [2.75, 3.05) is 13.7 Å².